The fraction of sp³-hybridized carbons (Fsp3) is 0.190. The van der Waals surface area contributed by atoms with Crippen LogP contribution in [0.3, 0.4) is 0 Å². The van der Waals surface area contributed by atoms with E-state index in [0.717, 1.165) is 5.56 Å². The summed E-state index contributed by atoms with van der Waals surface area (Å²) in [6.45, 7) is 3.56. The SMILES string of the molecule is Cc1ccc(NC2=CC(C)(Cl)C(C(=O)c3ccccc3)C=C2)c([N+](=O)[O-])c1. The van der Waals surface area contributed by atoms with E-state index in [2.05, 4.69) is 5.32 Å². The number of halogens is 1. The molecule has 0 amide bonds. The Hall–Kier alpha value is -2.92. The summed E-state index contributed by atoms with van der Waals surface area (Å²) in [5.74, 6) is -0.596. The lowest BCUT2D eigenvalue weighted by molar-refractivity contribution is -0.384. The molecular formula is C21H19ClN2O3. The molecular weight excluding hydrogens is 364 g/mol. The van der Waals surface area contributed by atoms with Gasteiger partial charge in [-0.25, -0.2) is 0 Å². The monoisotopic (exact) mass is 382 g/mol. The molecule has 27 heavy (non-hydrogen) atoms. The van der Waals surface area contributed by atoms with Crippen molar-refractivity contribution in [3.63, 3.8) is 0 Å². The molecule has 138 valence electrons. The van der Waals surface area contributed by atoms with Crippen molar-refractivity contribution in [1.82, 2.24) is 0 Å². The lowest BCUT2D eigenvalue weighted by Gasteiger charge is -2.30. The van der Waals surface area contributed by atoms with Gasteiger partial charge in [-0.2, -0.15) is 0 Å². The molecule has 1 N–H and O–H groups in total. The average Bonchev–Trinajstić information content (AvgIpc) is 2.62. The highest BCUT2D eigenvalue weighted by Crippen LogP contribution is 2.36. The van der Waals surface area contributed by atoms with E-state index in [1.165, 1.54) is 6.07 Å². The fourth-order valence-electron chi connectivity index (χ4n) is 3.09. The first-order chi connectivity index (χ1) is 12.8. The van der Waals surface area contributed by atoms with Crippen molar-refractivity contribution in [2.45, 2.75) is 18.7 Å². The zero-order valence-electron chi connectivity index (χ0n) is 15.0. The topological polar surface area (TPSA) is 72.2 Å². The number of hydrogen-bond donors (Lipinski definition) is 1. The number of hydrogen-bond acceptors (Lipinski definition) is 4. The van der Waals surface area contributed by atoms with Crippen LogP contribution in [0.1, 0.15) is 22.8 Å². The number of rotatable bonds is 5. The molecule has 0 aromatic heterocycles. The number of allylic oxidation sites excluding steroid dienone is 3. The molecule has 0 spiro atoms. The minimum absolute atomic E-state index is 0.0111. The van der Waals surface area contributed by atoms with Crippen molar-refractivity contribution in [2.75, 3.05) is 5.32 Å². The van der Waals surface area contributed by atoms with Crippen LogP contribution < -0.4 is 5.32 Å². The highest BCUT2D eigenvalue weighted by Gasteiger charge is 2.36. The van der Waals surface area contributed by atoms with Gasteiger partial charge in [-0.1, -0.05) is 42.5 Å². The zero-order chi connectivity index (χ0) is 19.6. The predicted octanol–water partition coefficient (Wildman–Crippen LogP) is 5.27. The number of nitrogens with one attached hydrogen (secondary N) is 1. The second-order valence-electron chi connectivity index (χ2n) is 6.72. The number of alkyl halides is 1. The Morgan fingerprint density at radius 1 is 1.22 bits per heavy atom. The van der Waals surface area contributed by atoms with E-state index < -0.39 is 15.7 Å². The number of anilines is 1. The van der Waals surface area contributed by atoms with Crippen LogP contribution in [0, 0.1) is 23.0 Å². The van der Waals surface area contributed by atoms with Gasteiger partial charge in [0.2, 0.25) is 0 Å². The average molecular weight is 383 g/mol. The van der Waals surface area contributed by atoms with E-state index in [1.807, 2.05) is 18.2 Å². The summed E-state index contributed by atoms with van der Waals surface area (Å²) in [5.41, 5.74) is 2.37. The van der Waals surface area contributed by atoms with Crippen LogP contribution in [-0.2, 0) is 0 Å². The summed E-state index contributed by atoms with van der Waals surface area (Å²) in [4.78, 5) is 22.7. The summed E-state index contributed by atoms with van der Waals surface area (Å²) in [6, 6.07) is 14.0. The van der Waals surface area contributed by atoms with Gasteiger partial charge in [0.15, 0.2) is 5.78 Å². The number of nitro groups is 1. The second-order valence-corrected chi connectivity index (χ2v) is 7.54. The van der Waals surface area contributed by atoms with Gasteiger partial charge in [-0.15, -0.1) is 11.6 Å². The van der Waals surface area contributed by atoms with Gasteiger partial charge in [0.1, 0.15) is 5.69 Å². The number of carbonyl (C=O) groups is 1. The van der Waals surface area contributed by atoms with E-state index >= 15 is 0 Å². The highest BCUT2D eigenvalue weighted by molar-refractivity contribution is 6.28. The summed E-state index contributed by atoms with van der Waals surface area (Å²) in [5, 5.41) is 14.3. The number of aryl methyl sites for hydroxylation is 1. The number of benzene rings is 2. The molecule has 0 radical (unpaired) electrons. The molecule has 0 fully saturated rings. The van der Waals surface area contributed by atoms with Crippen LogP contribution in [0.15, 0.2) is 72.5 Å². The van der Waals surface area contributed by atoms with E-state index in [4.69, 9.17) is 11.6 Å². The smallest absolute Gasteiger partial charge is 0.292 e. The maximum atomic E-state index is 12.8. The highest BCUT2D eigenvalue weighted by atomic mass is 35.5. The van der Waals surface area contributed by atoms with E-state index in [-0.39, 0.29) is 11.5 Å². The Morgan fingerprint density at radius 2 is 1.93 bits per heavy atom. The van der Waals surface area contributed by atoms with Gasteiger partial charge < -0.3 is 5.32 Å². The summed E-state index contributed by atoms with van der Waals surface area (Å²) in [7, 11) is 0. The lowest BCUT2D eigenvalue weighted by atomic mass is 9.82. The van der Waals surface area contributed by atoms with Crippen molar-refractivity contribution in [2.24, 2.45) is 5.92 Å². The minimum Gasteiger partial charge on any atom is -0.350 e. The first-order valence-corrected chi connectivity index (χ1v) is 8.87. The van der Waals surface area contributed by atoms with E-state index in [0.29, 0.717) is 16.9 Å². The summed E-state index contributed by atoms with van der Waals surface area (Å²) in [6.07, 6.45) is 5.20. The Morgan fingerprint density at radius 3 is 2.56 bits per heavy atom. The Balaban J connectivity index is 1.85. The Labute approximate surface area is 162 Å². The van der Waals surface area contributed by atoms with Crippen molar-refractivity contribution >= 4 is 28.8 Å². The molecule has 0 heterocycles. The van der Waals surface area contributed by atoms with Gasteiger partial charge in [0.25, 0.3) is 5.69 Å². The third kappa shape index (κ3) is 4.09. The molecule has 2 aromatic rings. The second kappa shape index (κ2) is 7.37. The number of nitro benzene ring substituents is 1. The molecule has 0 saturated carbocycles. The normalized spacial score (nSPS) is 21.4. The molecule has 6 heteroatoms. The van der Waals surface area contributed by atoms with Gasteiger partial charge in [-0.3, -0.25) is 14.9 Å². The van der Waals surface area contributed by atoms with Crippen molar-refractivity contribution in [3.05, 3.63) is 93.7 Å². The van der Waals surface area contributed by atoms with Gasteiger partial charge in [0.05, 0.1) is 15.7 Å². The predicted molar refractivity (Wildman–Crippen MR) is 107 cm³/mol. The molecule has 0 aliphatic heterocycles. The molecule has 0 bridgehead atoms. The van der Waals surface area contributed by atoms with Crippen LogP contribution in [-0.4, -0.2) is 15.6 Å². The van der Waals surface area contributed by atoms with Gasteiger partial charge >= 0.3 is 0 Å². The quantitative estimate of drug-likeness (QED) is 0.331. The van der Waals surface area contributed by atoms with Crippen molar-refractivity contribution in [1.29, 1.82) is 0 Å². The largest absolute Gasteiger partial charge is 0.350 e. The van der Waals surface area contributed by atoms with Crippen molar-refractivity contribution < 1.29 is 9.72 Å². The van der Waals surface area contributed by atoms with Crippen LogP contribution in [0.25, 0.3) is 0 Å². The molecule has 2 atom stereocenters. The van der Waals surface area contributed by atoms with Crippen molar-refractivity contribution in [3.8, 4) is 0 Å². The summed E-state index contributed by atoms with van der Waals surface area (Å²) >= 11 is 6.65. The molecule has 1 aliphatic rings. The first kappa shape index (κ1) is 18.9. The van der Waals surface area contributed by atoms with Gasteiger partial charge in [0, 0.05) is 17.3 Å². The van der Waals surface area contributed by atoms with Crippen LogP contribution in [0.4, 0.5) is 11.4 Å². The minimum atomic E-state index is -0.955. The number of carbonyl (C=O) groups excluding carboxylic acids is 1. The molecule has 1 aliphatic carbocycles. The zero-order valence-corrected chi connectivity index (χ0v) is 15.7. The maximum absolute atomic E-state index is 12.8. The third-order valence-corrected chi connectivity index (χ3v) is 4.83. The lowest BCUT2D eigenvalue weighted by Crippen LogP contribution is -2.34. The van der Waals surface area contributed by atoms with E-state index in [9.17, 15) is 14.9 Å². The molecule has 2 unspecified atom stereocenters. The Bertz CT molecular complexity index is 949. The third-order valence-electron chi connectivity index (χ3n) is 4.48. The number of ketones is 1. The molecule has 2 aromatic carbocycles. The van der Waals surface area contributed by atoms with Crippen LogP contribution in [0.2, 0.25) is 0 Å². The maximum Gasteiger partial charge on any atom is 0.292 e. The van der Waals surface area contributed by atoms with Crippen LogP contribution >= 0.6 is 11.6 Å². The fourth-order valence-corrected chi connectivity index (χ4v) is 3.38. The molecule has 3 rings (SSSR count). The summed E-state index contributed by atoms with van der Waals surface area (Å²) < 4.78 is 0. The van der Waals surface area contributed by atoms with E-state index in [1.54, 1.807) is 56.3 Å². The van der Waals surface area contributed by atoms with Crippen LogP contribution in [0.5, 0.6) is 0 Å². The number of Topliss-reactive ketones (excluding diaryl/α,β-unsaturated/α-hetero) is 1. The Kier molecular flexibility index (Phi) is 5.15. The van der Waals surface area contributed by atoms with Gasteiger partial charge in [-0.05, 0) is 37.6 Å². The molecule has 5 nitrogen and oxygen atoms in total. The first-order valence-electron chi connectivity index (χ1n) is 8.49. The molecule has 0 saturated heterocycles. The standard InChI is InChI=1S/C21H19ClN2O3/c1-14-8-11-18(19(12-14)24(26)27)23-16-9-10-17(21(2,22)13-16)20(25)15-6-4-3-5-7-15/h3-13,17,23H,1-2H3. The number of nitrogens with zero attached hydrogens (tertiary/aromatic N) is 1.